The van der Waals surface area contributed by atoms with Gasteiger partial charge in [0, 0.05) is 22.0 Å². The number of benzene rings is 1. The third-order valence-electron chi connectivity index (χ3n) is 3.42. The molecule has 0 unspecified atom stereocenters. The molecule has 0 fully saturated rings. The molecular formula is C15H11N. The number of nitrogens with one attached hydrogen (secondary N) is 1. The lowest BCUT2D eigenvalue weighted by Crippen LogP contribution is -1.97. The SMILES string of the molecule is C1=CCC2=Cc3[nH]c(c4ccccc34)C2=C1. The molecule has 1 aromatic heterocycles. The summed E-state index contributed by atoms with van der Waals surface area (Å²) in [7, 11) is 0. The molecule has 1 heteroatoms. The van der Waals surface area contributed by atoms with Gasteiger partial charge in [-0.2, -0.15) is 0 Å². The van der Waals surface area contributed by atoms with Crippen LogP contribution >= 0.6 is 0 Å². The molecule has 0 atom stereocenters. The van der Waals surface area contributed by atoms with Crippen molar-refractivity contribution in [2.75, 3.05) is 0 Å². The molecule has 2 bridgehead atoms. The number of hydrogen-bond donors (Lipinski definition) is 1. The zero-order chi connectivity index (χ0) is 10.5. The average molecular weight is 205 g/mol. The van der Waals surface area contributed by atoms with Gasteiger partial charge < -0.3 is 4.98 Å². The highest BCUT2D eigenvalue weighted by molar-refractivity contribution is 6.06. The van der Waals surface area contributed by atoms with E-state index in [0.717, 1.165) is 6.42 Å². The summed E-state index contributed by atoms with van der Waals surface area (Å²) >= 11 is 0. The summed E-state index contributed by atoms with van der Waals surface area (Å²) in [5, 5.41) is 2.67. The largest absolute Gasteiger partial charge is 0.354 e. The van der Waals surface area contributed by atoms with Crippen LogP contribution in [0.3, 0.4) is 0 Å². The molecule has 2 aliphatic rings. The smallest absolute Gasteiger partial charge is 0.0541 e. The molecule has 4 rings (SSSR count). The molecule has 0 amide bonds. The molecule has 1 aliphatic heterocycles. The Hall–Kier alpha value is -2.02. The van der Waals surface area contributed by atoms with Crippen LogP contribution in [0, 0.1) is 0 Å². The molecule has 1 aliphatic carbocycles. The molecule has 0 saturated heterocycles. The first-order chi connectivity index (χ1) is 7.93. The Bertz CT molecular complexity index is 681. The lowest BCUT2D eigenvalue weighted by molar-refractivity contribution is 1.22. The van der Waals surface area contributed by atoms with E-state index in [1.54, 1.807) is 0 Å². The van der Waals surface area contributed by atoms with Gasteiger partial charge in [-0.3, -0.25) is 0 Å². The predicted molar refractivity (Wildman–Crippen MR) is 68.0 cm³/mol. The Kier molecular flexibility index (Phi) is 1.41. The van der Waals surface area contributed by atoms with E-state index in [1.165, 1.54) is 33.3 Å². The van der Waals surface area contributed by atoms with Crippen LogP contribution in [0.25, 0.3) is 22.4 Å². The minimum absolute atomic E-state index is 1.05. The topological polar surface area (TPSA) is 15.8 Å². The van der Waals surface area contributed by atoms with E-state index in [-0.39, 0.29) is 0 Å². The van der Waals surface area contributed by atoms with E-state index >= 15 is 0 Å². The number of aromatic amines is 1. The summed E-state index contributed by atoms with van der Waals surface area (Å²) in [4.78, 5) is 3.51. The number of rotatable bonds is 0. The van der Waals surface area contributed by atoms with Crippen molar-refractivity contribution in [3.8, 4) is 0 Å². The van der Waals surface area contributed by atoms with Crippen molar-refractivity contribution in [1.82, 2.24) is 4.98 Å². The van der Waals surface area contributed by atoms with E-state index in [0.29, 0.717) is 0 Å². The maximum atomic E-state index is 3.51. The van der Waals surface area contributed by atoms with Crippen LogP contribution in [0.15, 0.2) is 48.1 Å². The highest BCUT2D eigenvalue weighted by atomic mass is 14.7. The number of fused-ring (bicyclic) bond motifs is 7. The molecule has 16 heavy (non-hydrogen) atoms. The standard InChI is InChI=1S/C15H11N/c1-2-6-11-10(5-1)9-14-12-7-3-4-8-13(12)15(11)16-14/h1-4,6-9,16H,5H2. The van der Waals surface area contributed by atoms with E-state index in [2.05, 4.69) is 53.6 Å². The quantitative estimate of drug-likeness (QED) is 0.671. The van der Waals surface area contributed by atoms with Crippen LogP contribution in [0.2, 0.25) is 0 Å². The Morgan fingerprint density at radius 2 is 1.94 bits per heavy atom. The summed E-state index contributed by atoms with van der Waals surface area (Å²) in [5.74, 6) is 0. The first-order valence-electron chi connectivity index (χ1n) is 5.62. The van der Waals surface area contributed by atoms with Gasteiger partial charge >= 0.3 is 0 Å². The fourth-order valence-electron chi connectivity index (χ4n) is 2.66. The normalized spacial score (nSPS) is 17.0. The van der Waals surface area contributed by atoms with E-state index < -0.39 is 0 Å². The molecule has 0 spiro atoms. The molecule has 1 N–H and O–H groups in total. The van der Waals surface area contributed by atoms with Crippen LogP contribution in [0.1, 0.15) is 17.8 Å². The highest BCUT2D eigenvalue weighted by Gasteiger charge is 2.20. The van der Waals surface area contributed by atoms with Gasteiger partial charge in [0.05, 0.1) is 5.69 Å². The zero-order valence-corrected chi connectivity index (χ0v) is 8.83. The first-order valence-corrected chi connectivity index (χ1v) is 5.62. The number of aromatic nitrogens is 1. The minimum atomic E-state index is 1.05. The molecular weight excluding hydrogens is 194 g/mol. The third-order valence-corrected chi connectivity index (χ3v) is 3.42. The van der Waals surface area contributed by atoms with Crippen LogP contribution in [-0.2, 0) is 0 Å². The van der Waals surface area contributed by atoms with Crippen molar-refractivity contribution in [3.63, 3.8) is 0 Å². The lowest BCUT2D eigenvalue weighted by Gasteiger charge is -2.15. The third kappa shape index (κ3) is 0.904. The van der Waals surface area contributed by atoms with Gasteiger partial charge in [-0.05, 0) is 18.1 Å². The molecule has 1 nitrogen and oxygen atoms in total. The minimum Gasteiger partial charge on any atom is -0.354 e. The summed E-state index contributed by atoms with van der Waals surface area (Å²) < 4.78 is 0. The van der Waals surface area contributed by atoms with Crippen molar-refractivity contribution in [1.29, 1.82) is 0 Å². The molecule has 76 valence electrons. The van der Waals surface area contributed by atoms with Crippen LogP contribution in [0.4, 0.5) is 0 Å². The first kappa shape index (κ1) is 8.17. The van der Waals surface area contributed by atoms with Crippen molar-refractivity contribution < 1.29 is 0 Å². The second-order valence-electron chi connectivity index (χ2n) is 4.34. The predicted octanol–water partition coefficient (Wildman–Crippen LogP) is 3.91. The van der Waals surface area contributed by atoms with Gasteiger partial charge in [0.2, 0.25) is 0 Å². The summed E-state index contributed by atoms with van der Waals surface area (Å²) in [6.45, 7) is 0. The fourth-order valence-corrected chi connectivity index (χ4v) is 2.66. The van der Waals surface area contributed by atoms with E-state index in [9.17, 15) is 0 Å². The molecule has 2 heterocycles. The van der Waals surface area contributed by atoms with E-state index in [4.69, 9.17) is 0 Å². The van der Waals surface area contributed by atoms with Crippen molar-refractivity contribution >= 4 is 22.4 Å². The lowest BCUT2D eigenvalue weighted by atomic mass is 9.94. The number of hydrogen-bond acceptors (Lipinski definition) is 0. The maximum absolute atomic E-state index is 3.51. The second-order valence-corrected chi connectivity index (χ2v) is 4.34. The molecule has 0 saturated carbocycles. The average Bonchev–Trinajstić information content (AvgIpc) is 2.65. The Balaban J connectivity index is 2.15. The van der Waals surface area contributed by atoms with Crippen molar-refractivity contribution in [2.45, 2.75) is 6.42 Å². The van der Waals surface area contributed by atoms with Gasteiger partial charge in [-0.15, -0.1) is 0 Å². The summed E-state index contributed by atoms with van der Waals surface area (Å²) in [6.07, 6.45) is 9.90. The fraction of sp³-hybridized carbons (Fsp3) is 0.0667. The number of H-pyrrole nitrogens is 1. The molecule has 1 aromatic carbocycles. The summed E-state index contributed by atoms with van der Waals surface area (Å²) in [5.41, 5.74) is 5.33. The Morgan fingerprint density at radius 3 is 2.88 bits per heavy atom. The molecule has 2 aromatic rings. The highest BCUT2D eigenvalue weighted by Crippen LogP contribution is 2.40. The second kappa shape index (κ2) is 2.76. The van der Waals surface area contributed by atoms with Crippen LogP contribution in [0.5, 0.6) is 0 Å². The Morgan fingerprint density at radius 1 is 1.06 bits per heavy atom. The van der Waals surface area contributed by atoms with Gasteiger partial charge in [0.1, 0.15) is 0 Å². The molecule has 0 radical (unpaired) electrons. The zero-order valence-electron chi connectivity index (χ0n) is 8.83. The van der Waals surface area contributed by atoms with Gasteiger partial charge in [-0.1, -0.05) is 42.5 Å². The van der Waals surface area contributed by atoms with Gasteiger partial charge in [-0.25, -0.2) is 0 Å². The van der Waals surface area contributed by atoms with Gasteiger partial charge in [0.25, 0.3) is 0 Å². The van der Waals surface area contributed by atoms with Crippen molar-refractivity contribution in [2.24, 2.45) is 0 Å². The van der Waals surface area contributed by atoms with E-state index in [1.807, 2.05) is 0 Å². The van der Waals surface area contributed by atoms with Crippen LogP contribution in [-0.4, -0.2) is 4.98 Å². The summed E-state index contributed by atoms with van der Waals surface area (Å²) in [6, 6.07) is 8.59. The van der Waals surface area contributed by atoms with Crippen LogP contribution < -0.4 is 0 Å². The monoisotopic (exact) mass is 205 g/mol. The van der Waals surface area contributed by atoms with Crippen molar-refractivity contribution in [3.05, 3.63) is 59.5 Å². The van der Waals surface area contributed by atoms with Gasteiger partial charge in [0.15, 0.2) is 0 Å². The maximum Gasteiger partial charge on any atom is 0.0541 e. The number of allylic oxidation sites excluding steroid dienone is 5. The Labute approximate surface area is 93.8 Å².